The first-order valence-corrected chi connectivity index (χ1v) is 5.71. The Bertz CT molecular complexity index is 635. The van der Waals surface area contributed by atoms with Crippen LogP contribution in [-0.4, -0.2) is 19.3 Å². The van der Waals surface area contributed by atoms with Crippen LogP contribution in [0.4, 0.5) is 0 Å². The van der Waals surface area contributed by atoms with E-state index < -0.39 is 0 Å². The maximum Gasteiger partial charge on any atom is 0.0958 e. The molecule has 3 rings (SSSR count). The van der Waals surface area contributed by atoms with Gasteiger partial charge < -0.3 is 4.57 Å². The van der Waals surface area contributed by atoms with Crippen molar-refractivity contribution in [2.24, 2.45) is 7.05 Å². The first-order valence-electron chi connectivity index (χ1n) is 5.71. The van der Waals surface area contributed by atoms with Gasteiger partial charge in [0.25, 0.3) is 0 Å². The maximum atomic E-state index is 4.38. The Kier molecular flexibility index (Phi) is 2.40. The van der Waals surface area contributed by atoms with Crippen molar-refractivity contribution in [3.8, 4) is 0 Å². The first kappa shape index (κ1) is 10.1. The topological polar surface area (TPSA) is 35.6 Å². The van der Waals surface area contributed by atoms with Crippen molar-refractivity contribution in [3.63, 3.8) is 0 Å². The molecule has 0 fully saturated rings. The molecule has 4 nitrogen and oxygen atoms in total. The number of para-hydroxylation sites is 2. The summed E-state index contributed by atoms with van der Waals surface area (Å²) in [7, 11) is 1.97. The number of nitrogens with zero attached hydrogens (tertiary/aromatic N) is 4. The van der Waals surface area contributed by atoms with E-state index in [4.69, 9.17) is 0 Å². The van der Waals surface area contributed by atoms with Crippen LogP contribution in [-0.2, 0) is 20.0 Å². The molecule has 4 heteroatoms. The molecule has 0 atom stereocenters. The highest BCUT2D eigenvalue weighted by Crippen LogP contribution is 2.12. The second-order valence-electron chi connectivity index (χ2n) is 4.12. The summed E-state index contributed by atoms with van der Waals surface area (Å²) in [5, 5.41) is 4.17. The maximum absolute atomic E-state index is 4.38. The minimum absolute atomic E-state index is 0.931. The highest BCUT2D eigenvalue weighted by Gasteiger charge is 2.03. The molecule has 0 radical (unpaired) electrons. The van der Waals surface area contributed by atoms with Gasteiger partial charge in [-0.3, -0.25) is 4.68 Å². The fourth-order valence-corrected chi connectivity index (χ4v) is 2.07. The van der Waals surface area contributed by atoms with Gasteiger partial charge >= 0.3 is 0 Å². The molecule has 1 aromatic carbocycles. The largest absolute Gasteiger partial charge is 0.330 e. The highest BCUT2D eigenvalue weighted by atomic mass is 15.3. The SMILES string of the molecule is Cn1nccc1CCn1cnc2ccccc21. The molecule has 0 aliphatic rings. The monoisotopic (exact) mass is 226 g/mol. The van der Waals surface area contributed by atoms with E-state index in [2.05, 4.69) is 26.8 Å². The number of hydrogen-bond acceptors (Lipinski definition) is 2. The van der Waals surface area contributed by atoms with E-state index in [0.717, 1.165) is 18.5 Å². The van der Waals surface area contributed by atoms with E-state index >= 15 is 0 Å². The molecule has 0 unspecified atom stereocenters. The second kappa shape index (κ2) is 4.05. The molecule has 0 spiro atoms. The standard InChI is InChI=1S/C13H14N4/c1-16-11(6-8-15-16)7-9-17-10-14-12-4-2-3-5-13(12)17/h2-6,8,10H,7,9H2,1H3. The fourth-order valence-electron chi connectivity index (χ4n) is 2.07. The summed E-state index contributed by atoms with van der Waals surface area (Å²) in [5.41, 5.74) is 3.48. The van der Waals surface area contributed by atoms with Crippen LogP contribution in [0.2, 0.25) is 0 Å². The van der Waals surface area contributed by atoms with Crippen molar-refractivity contribution in [2.75, 3.05) is 0 Å². The van der Waals surface area contributed by atoms with Crippen LogP contribution in [0.5, 0.6) is 0 Å². The molecular formula is C13H14N4. The molecule has 0 N–H and O–H groups in total. The van der Waals surface area contributed by atoms with Crippen molar-refractivity contribution in [2.45, 2.75) is 13.0 Å². The summed E-state index contributed by atoms with van der Waals surface area (Å²) >= 11 is 0. The normalized spacial score (nSPS) is 11.1. The molecule has 86 valence electrons. The molecule has 0 saturated heterocycles. The molecule has 2 heterocycles. The van der Waals surface area contributed by atoms with E-state index in [1.165, 1.54) is 11.2 Å². The molecule has 0 aliphatic carbocycles. The van der Waals surface area contributed by atoms with Crippen molar-refractivity contribution in [3.05, 3.63) is 48.5 Å². The van der Waals surface area contributed by atoms with Gasteiger partial charge in [-0.2, -0.15) is 5.10 Å². The Balaban J connectivity index is 1.84. The van der Waals surface area contributed by atoms with E-state index in [-0.39, 0.29) is 0 Å². The highest BCUT2D eigenvalue weighted by molar-refractivity contribution is 5.74. The van der Waals surface area contributed by atoms with Gasteiger partial charge in [0.2, 0.25) is 0 Å². The Hall–Kier alpha value is -2.10. The zero-order chi connectivity index (χ0) is 11.7. The van der Waals surface area contributed by atoms with E-state index in [1.54, 1.807) is 0 Å². The predicted molar refractivity (Wildman–Crippen MR) is 66.6 cm³/mol. The summed E-state index contributed by atoms with van der Waals surface area (Å²) in [6.07, 6.45) is 4.71. The summed E-state index contributed by atoms with van der Waals surface area (Å²) in [6.45, 7) is 0.931. The first-order chi connectivity index (χ1) is 8.34. The minimum Gasteiger partial charge on any atom is -0.330 e. The van der Waals surface area contributed by atoms with Crippen LogP contribution >= 0.6 is 0 Å². The number of aryl methyl sites for hydroxylation is 3. The van der Waals surface area contributed by atoms with Crippen LogP contribution < -0.4 is 0 Å². The lowest BCUT2D eigenvalue weighted by Gasteiger charge is -2.04. The van der Waals surface area contributed by atoms with Crippen molar-refractivity contribution >= 4 is 11.0 Å². The number of fused-ring (bicyclic) bond motifs is 1. The zero-order valence-electron chi connectivity index (χ0n) is 9.74. The van der Waals surface area contributed by atoms with Crippen molar-refractivity contribution in [1.29, 1.82) is 0 Å². The van der Waals surface area contributed by atoms with Gasteiger partial charge in [0.05, 0.1) is 17.4 Å². The summed E-state index contributed by atoms with van der Waals surface area (Å²) in [6, 6.07) is 10.3. The lowest BCUT2D eigenvalue weighted by Crippen LogP contribution is -2.04. The van der Waals surface area contributed by atoms with Gasteiger partial charge in [-0.25, -0.2) is 4.98 Å². The minimum atomic E-state index is 0.931. The molecule has 17 heavy (non-hydrogen) atoms. The van der Waals surface area contributed by atoms with Gasteiger partial charge in [0.15, 0.2) is 0 Å². The summed E-state index contributed by atoms with van der Waals surface area (Å²) in [5.74, 6) is 0. The third-order valence-corrected chi connectivity index (χ3v) is 3.06. The van der Waals surface area contributed by atoms with Crippen LogP contribution in [0, 0.1) is 0 Å². The Morgan fingerprint density at radius 1 is 1.18 bits per heavy atom. The Morgan fingerprint density at radius 2 is 2.06 bits per heavy atom. The third kappa shape index (κ3) is 1.82. The molecule has 0 bridgehead atoms. The van der Waals surface area contributed by atoms with Gasteiger partial charge in [-0.05, 0) is 18.2 Å². The van der Waals surface area contributed by atoms with Crippen LogP contribution in [0.3, 0.4) is 0 Å². The number of benzene rings is 1. The smallest absolute Gasteiger partial charge is 0.0958 e. The lowest BCUT2D eigenvalue weighted by molar-refractivity contribution is 0.646. The van der Waals surface area contributed by atoms with Gasteiger partial charge in [0, 0.05) is 31.9 Å². The quantitative estimate of drug-likeness (QED) is 0.685. The summed E-state index contributed by atoms with van der Waals surface area (Å²) < 4.78 is 4.10. The van der Waals surface area contributed by atoms with Crippen LogP contribution in [0.15, 0.2) is 42.9 Å². The zero-order valence-corrected chi connectivity index (χ0v) is 9.74. The molecule has 2 aromatic heterocycles. The van der Waals surface area contributed by atoms with Crippen molar-refractivity contribution < 1.29 is 0 Å². The second-order valence-corrected chi connectivity index (χ2v) is 4.12. The average Bonchev–Trinajstić information content (AvgIpc) is 2.93. The molecular weight excluding hydrogens is 212 g/mol. The average molecular weight is 226 g/mol. The van der Waals surface area contributed by atoms with Crippen LogP contribution in [0.25, 0.3) is 11.0 Å². The van der Waals surface area contributed by atoms with E-state index in [9.17, 15) is 0 Å². The fraction of sp³-hybridized carbons (Fsp3) is 0.231. The number of imidazole rings is 1. The number of hydrogen-bond donors (Lipinski definition) is 0. The lowest BCUT2D eigenvalue weighted by atomic mass is 10.3. The molecule has 0 amide bonds. The van der Waals surface area contributed by atoms with Crippen molar-refractivity contribution in [1.82, 2.24) is 19.3 Å². The molecule has 0 saturated carbocycles. The van der Waals surface area contributed by atoms with Crippen LogP contribution in [0.1, 0.15) is 5.69 Å². The van der Waals surface area contributed by atoms with E-state index in [1.807, 2.05) is 42.5 Å². The van der Waals surface area contributed by atoms with Gasteiger partial charge in [-0.15, -0.1) is 0 Å². The van der Waals surface area contributed by atoms with Gasteiger partial charge in [0.1, 0.15) is 0 Å². The van der Waals surface area contributed by atoms with Gasteiger partial charge in [-0.1, -0.05) is 12.1 Å². The predicted octanol–water partition coefficient (Wildman–Crippen LogP) is 2.01. The molecule has 0 aliphatic heterocycles. The third-order valence-electron chi connectivity index (χ3n) is 3.06. The number of rotatable bonds is 3. The Labute approximate surface area is 99.5 Å². The summed E-state index contributed by atoms with van der Waals surface area (Å²) in [4.78, 5) is 4.38. The van der Waals surface area contributed by atoms with E-state index in [0.29, 0.717) is 0 Å². The number of aromatic nitrogens is 4. The molecule has 3 aromatic rings. The Morgan fingerprint density at radius 3 is 2.88 bits per heavy atom.